The average Bonchev–Trinajstić information content (AvgIpc) is 3.53. The van der Waals surface area contributed by atoms with Gasteiger partial charge in [-0.05, 0) is 93.6 Å². The van der Waals surface area contributed by atoms with Crippen molar-refractivity contribution in [3.63, 3.8) is 0 Å². The maximum absolute atomic E-state index is 14.9. The van der Waals surface area contributed by atoms with Crippen molar-refractivity contribution < 1.29 is 9.13 Å². The highest BCUT2D eigenvalue weighted by molar-refractivity contribution is 5.97. The fraction of sp³-hybridized carbons (Fsp3) is 0.562. The van der Waals surface area contributed by atoms with Crippen molar-refractivity contribution in [3.05, 3.63) is 58.7 Å². The lowest BCUT2D eigenvalue weighted by Crippen LogP contribution is -2.39. The maximum Gasteiger partial charge on any atom is 0.316 e. The van der Waals surface area contributed by atoms with Crippen molar-refractivity contribution in [3.8, 4) is 6.01 Å². The van der Waals surface area contributed by atoms with E-state index in [1.54, 1.807) is 6.07 Å². The van der Waals surface area contributed by atoms with Crippen LogP contribution < -0.4 is 15.0 Å². The number of aryl methyl sites for hydroxylation is 1. The van der Waals surface area contributed by atoms with Gasteiger partial charge in [-0.2, -0.15) is 9.97 Å². The molecule has 3 aromatic rings. The molecule has 4 aliphatic heterocycles. The van der Waals surface area contributed by atoms with E-state index in [0.717, 1.165) is 66.5 Å². The Morgan fingerprint density at radius 1 is 1.05 bits per heavy atom. The number of benzene rings is 2. The Kier molecular flexibility index (Phi) is 6.68. The molecule has 4 aliphatic rings. The van der Waals surface area contributed by atoms with Gasteiger partial charge < -0.3 is 19.9 Å². The van der Waals surface area contributed by atoms with Gasteiger partial charge in [-0.15, -0.1) is 0 Å². The highest BCUT2D eigenvalue weighted by Crippen LogP contribution is 2.41. The van der Waals surface area contributed by atoms with Crippen LogP contribution in [0.4, 0.5) is 10.1 Å². The number of ether oxygens (including phenoxy) is 1. The van der Waals surface area contributed by atoms with Crippen molar-refractivity contribution in [1.29, 1.82) is 0 Å². The Morgan fingerprint density at radius 2 is 1.90 bits per heavy atom. The van der Waals surface area contributed by atoms with E-state index in [4.69, 9.17) is 14.7 Å². The number of fused-ring (bicyclic) bond motifs is 4. The molecule has 0 amide bonds. The molecule has 206 valence electrons. The second-order valence-corrected chi connectivity index (χ2v) is 12.1. The highest BCUT2D eigenvalue weighted by atomic mass is 19.1. The molecule has 7 heteroatoms. The number of rotatable bonds is 6. The molecule has 5 heterocycles. The summed E-state index contributed by atoms with van der Waals surface area (Å²) in [5.74, 6) is 0.342. The molecule has 0 unspecified atom stereocenters. The number of aromatic nitrogens is 2. The standard InChI is InChI=1S/C32H40FN5O/c1-3-25-27(33)12-9-20-6-4-8-29(30(20)25)38-15-13-26-28(18-38)35-32(39-19-24-7-5-14-37(24)2)36-31(26)21-16-22-10-11-23(17-21)34-22/h4,6,8-9,12,21-24,34H,3,5,7,10-11,13-19H2,1-2H3/t21-,22+,23-,24-/m0/s1. The first kappa shape index (κ1) is 25.2. The molecule has 0 saturated carbocycles. The first-order chi connectivity index (χ1) is 19.1. The molecule has 6 nitrogen and oxygen atoms in total. The van der Waals surface area contributed by atoms with Crippen LogP contribution in [0.25, 0.3) is 10.8 Å². The van der Waals surface area contributed by atoms with Gasteiger partial charge in [-0.25, -0.2) is 4.39 Å². The van der Waals surface area contributed by atoms with Gasteiger partial charge in [0, 0.05) is 41.7 Å². The zero-order valence-electron chi connectivity index (χ0n) is 23.3. The summed E-state index contributed by atoms with van der Waals surface area (Å²) in [6, 6.07) is 12.0. The number of likely N-dealkylation sites (tertiary alicyclic amines) is 1. The zero-order valence-corrected chi connectivity index (χ0v) is 23.3. The lowest BCUT2D eigenvalue weighted by molar-refractivity contribution is 0.186. The lowest BCUT2D eigenvalue weighted by Gasteiger charge is -2.35. The minimum Gasteiger partial charge on any atom is -0.462 e. The second-order valence-electron chi connectivity index (χ2n) is 12.1. The summed E-state index contributed by atoms with van der Waals surface area (Å²) in [6.07, 6.45) is 8.81. The summed E-state index contributed by atoms with van der Waals surface area (Å²) in [5.41, 5.74) is 5.53. The highest BCUT2D eigenvalue weighted by Gasteiger charge is 2.37. The molecule has 4 atom stereocenters. The monoisotopic (exact) mass is 529 g/mol. The molecule has 1 aromatic heterocycles. The number of nitrogens with zero attached hydrogens (tertiary/aromatic N) is 4. The molecule has 2 bridgehead atoms. The van der Waals surface area contributed by atoms with Crippen LogP contribution in [0.1, 0.15) is 73.9 Å². The lowest BCUT2D eigenvalue weighted by atomic mass is 9.85. The molecule has 3 saturated heterocycles. The van der Waals surface area contributed by atoms with Crippen LogP contribution >= 0.6 is 0 Å². The number of halogens is 1. The summed E-state index contributed by atoms with van der Waals surface area (Å²) >= 11 is 0. The molecule has 0 spiro atoms. The third-order valence-electron chi connectivity index (χ3n) is 9.78. The summed E-state index contributed by atoms with van der Waals surface area (Å²) in [6.45, 7) is 5.38. The van der Waals surface area contributed by atoms with Gasteiger partial charge in [0.15, 0.2) is 0 Å². The zero-order chi connectivity index (χ0) is 26.5. The Bertz CT molecular complexity index is 1370. The van der Waals surface area contributed by atoms with Crippen LogP contribution in [0.2, 0.25) is 0 Å². The Balaban J connectivity index is 1.24. The average molecular weight is 530 g/mol. The number of hydrogen-bond acceptors (Lipinski definition) is 6. The number of anilines is 1. The van der Waals surface area contributed by atoms with Gasteiger partial charge in [-0.3, -0.25) is 0 Å². The number of likely N-dealkylation sites (N-methyl/N-ethyl adjacent to an activating group) is 1. The topological polar surface area (TPSA) is 53.5 Å². The fourth-order valence-corrected chi connectivity index (χ4v) is 7.70. The first-order valence-electron chi connectivity index (χ1n) is 15.0. The van der Waals surface area contributed by atoms with Crippen molar-refractivity contribution in [2.75, 3.05) is 31.6 Å². The van der Waals surface area contributed by atoms with Gasteiger partial charge in [-0.1, -0.05) is 25.1 Å². The van der Waals surface area contributed by atoms with E-state index in [9.17, 15) is 4.39 Å². The summed E-state index contributed by atoms with van der Waals surface area (Å²) in [4.78, 5) is 14.9. The smallest absolute Gasteiger partial charge is 0.316 e. The van der Waals surface area contributed by atoms with E-state index < -0.39 is 0 Å². The summed E-state index contributed by atoms with van der Waals surface area (Å²) in [7, 11) is 2.18. The van der Waals surface area contributed by atoms with Crippen molar-refractivity contribution in [2.24, 2.45) is 0 Å². The molecule has 0 radical (unpaired) electrons. The molecule has 39 heavy (non-hydrogen) atoms. The molecule has 7 rings (SSSR count). The van der Waals surface area contributed by atoms with Crippen LogP contribution in [0.5, 0.6) is 6.01 Å². The third kappa shape index (κ3) is 4.67. The van der Waals surface area contributed by atoms with E-state index in [1.165, 1.54) is 30.5 Å². The van der Waals surface area contributed by atoms with Gasteiger partial charge >= 0.3 is 6.01 Å². The molecular weight excluding hydrogens is 489 g/mol. The predicted molar refractivity (Wildman–Crippen MR) is 153 cm³/mol. The van der Waals surface area contributed by atoms with Crippen LogP contribution in [0.3, 0.4) is 0 Å². The van der Waals surface area contributed by atoms with Crippen molar-refractivity contribution in [1.82, 2.24) is 20.2 Å². The van der Waals surface area contributed by atoms with E-state index in [-0.39, 0.29) is 5.82 Å². The first-order valence-corrected chi connectivity index (χ1v) is 15.0. The number of hydrogen-bond donors (Lipinski definition) is 1. The van der Waals surface area contributed by atoms with E-state index in [1.807, 2.05) is 13.0 Å². The van der Waals surface area contributed by atoms with Gasteiger partial charge in [0.05, 0.1) is 17.9 Å². The quantitative estimate of drug-likeness (QED) is 0.464. The van der Waals surface area contributed by atoms with Crippen LogP contribution in [0.15, 0.2) is 30.3 Å². The van der Waals surface area contributed by atoms with Crippen molar-refractivity contribution in [2.45, 2.75) is 88.9 Å². The minimum absolute atomic E-state index is 0.118. The Hall–Kier alpha value is -2.77. The van der Waals surface area contributed by atoms with Gasteiger partial charge in [0.2, 0.25) is 0 Å². The number of piperidine rings is 1. The van der Waals surface area contributed by atoms with E-state index in [0.29, 0.717) is 49.6 Å². The Labute approximate surface area is 231 Å². The summed E-state index contributed by atoms with van der Waals surface area (Å²) < 4.78 is 21.2. The molecule has 2 aromatic carbocycles. The van der Waals surface area contributed by atoms with E-state index in [2.05, 4.69) is 40.4 Å². The molecular formula is C32H40FN5O. The maximum atomic E-state index is 14.9. The van der Waals surface area contributed by atoms with Crippen molar-refractivity contribution >= 4 is 16.5 Å². The third-order valence-corrected chi connectivity index (χ3v) is 9.78. The fourth-order valence-electron chi connectivity index (χ4n) is 7.70. The second kappa shape index (κ2) is 10.3. The van der Waals surface area contributed by atoms with Crippen LogP contribution in [-0.2, 0) is 19.4 Å². The van der Waals surface area contributed by atoms with Crippen LogP contribution in [-0.4, -0.2) is 59.7 Å². The molecule has 0 aliphatic carbocycles. The minimum atomic E-state index is -0.118. The number of nitrogens with one attached hydrogen (secondary N) is 1. The van der Waals surface area contributed by atoms with E-state index >= 15 is 0 Å². The summed E-state index contributed by atoms with van der Waals surface area (Å²) in [5, 5.41) is 5.92. The largest absolute Gasteiger partial charge is 0.462 e. The van der Waals surface area contributed by atoms with Crippen LogP contribution in [0, 0.1) is 5.82 Å². The predicted octanol–water partition coefficient (Wildman–Crippen LogP) is 5.37. The molecule has 3 fully saturated rings. The molecule has 1 N–H and O–H groups in total. The Morgan fingerprint density at radius 3 is 2.67 bits per heavy atom. The van der Waals surface area contributed by atoms with Gasteiger partial charge in [0.1, 0.15) is 12.4 Å². The SMILES string of the molecule is CCc1c(F)ccc2cccc(N3CCc4c(nc(OC[C@@H]5CCCN5C)nc4[C@H]4C[C@H]5CC[C@@H](C4)N5)C3)c12. The normalized spacial score (nSPS) is 26.8. The van der Waals surface area contributed by atoms with Gasteiger partial charge in [0.25, 0.3) is 0 Å².